The molecule has 0 saturated carbocycles. The molecule has 1 aliphatic rings. The lowest BCUT2D eigenvalue weighted by Crippen LogP contribution is -2.34. The highest BCUT2D eigenvalue weighted by Gasteiger charge is 2.44. The molecule has 1 amide bonds. The second-order valence-corrected chi connectivity index (χ2v) is 7.30. The number of furan rings is 1. The Morgan fingerprint density at radius 1 is 1.12 bits per heavy atom. The number of rotatable bonds is 7. The molecule has 0 spiro atoms. The van der Waals surface area contributed by atoms with E-state index in [2.05, 4.69) is 0 Å². The zero-order valence-corrected chi connectivity index (χ0v) is 17.5. The fourth-order valence-electron chi connectivity index (χ4n) is 3.79. The van der Waals surface area contributed by atoms with Gasteiger partial charge in [-0.2, -0.15) is 0 Å². The molecule has 8 heteroatoms. The molecule has 0 bridgehead atoms. The van der Waals surface area contributed by atoms with E-state index in [0.717, 1.165) is 5.39 Å². The first-order valence-electron chi connectivity index (χ1n) is 9.95. The number of carbonyl (C=O) groups excluding carboxylic acids is 3. The number of hydrogen-bond donors (Lipinski definition) is 1. The van der Waals surface area contributed by atoms with E-state index >= 15 is 0 Å². The van der Waals surface area contributed by atoms with Crippen LogP contribution in [0.2, 0.25) is 0 Å². The molecule has 0 radical (unpaired) electrons. The largest absolute Gasteiger partial charge is 0.503 e. The van der Waals surface area contributed by atoms with Crippen LogP contribution in [0.25, 0.3) is 11.0 Å². The predicted molar refractivity (Wildman–Crippen MR) is 114 cm³/mol. The van der Waals surface area contributed by atoms with E-state index < -0.39 is 29.5 Å². The number of ketones is 1. The van der Waals surface area contributed by atoms with Gasteiger partial charge in [0.2, 0.25) is 5.78 Å². The third-order valence-electron chi connectivity index (χ3n) is 5.17. The van der Waals surface area contributed by atoms with Crippen LogP contribution < -0.4 is 4.74 Å². The minimum atomic E-state index is -0.908. The van der Waals surface area contributed by atoms with Crippen molar-refractivity contribution in [3.05, 3.63) is 77.3 Å². The number of nitrogens with zero attached hydrogens (tertiary/aromatic N) is 1. The molecule has 1 aliphatic heterocycles. The second-order valence-electron chi connectivity index (χ2n) is 7.30. The minimum absolute atomic E-state index is 0.00952. The first-order chi connectivity index (χ1) is 15.4. The summed E-state index contributed by atoms with van der Waals surface area (Å²) in [6, 6.07) is 14.3. The number of carbonyl (C=O) groups is 3. The number of ether oxygens (including phenoxy) is 2. The average molecular weight is 435 g/mol. The van der Waals surface area contributed by atoms with Crippen molar-refractivity contribution in [2.45, 2.75) is 13.0 Å². The highest BCUT2D eigenvalue weighted by atomic mass is 16.5. The molecule has 0 fully saturated rings. The molecule has 164 valence electrons. The van der Waals surface area contributed by atoms with Gasteiger partial charge in [-0.1, -0.05) is 30.3 Å². The van der Waals surface area contributed by atoms with Gasteiger partial charge >= 0.3 is 5.97 Å². The van der Waals surface area contributed by atoms with E-state index in [1.807, 2.05) is 6.07 Å². The monoisotopic (exact) mass is 435 g/mol. The summed E-state index contributed by atoms with van der Waals surface area (Å²) in [5.74, 6) is -2.17. The molecule has 0 saturated heterocycles. The van der Waals surface area contributed by atoms with Gasteiger partial charge in [-0.05, 0) is 29.8 Å². The van der Waals surface area contributed by atoms with Gasteiger partial charge in [-0.25, -0.2) is 0 Å². The topological polar surface area (TPSA) is 106 Å². The maximum absolute atomic E-state index is 13.4. The molecule has 1 aromatic heterocycles. The highest BCUT2D eigenvalue weighted by Crippen LogP contribution is 2.40. The fraction of sp³-hybridized carbons (Fsp3) is 0.208. The van der Waals surface area contributed by atoms with Crippen molar-refractivity contribution in [2.75, 3.05) is 20.3 Å². The van der Waals surface area contributed by atoms with E-state index in [1.54, 1.807) is 48.5 Å². The number of fused-ring (bicyclic) bond motifs is 1. The Hall–Kier alpha value is -3.91. The summed E-state index contributed by atoms with van der Waals surface area (Å²) in [7, 11) is 1.49. The molecular weight excluding hydrogens is 414 g/mol. The lowest BCUT2D eigenvalue weighted by molar-refractivity contribution is -0.132. The zero-order chi connectivity index (χ0) is 22.8. The minimum Gasteiger partial charge on any atom is -0.503 e. The van der Waals surface area contributed by atoms with Gasteiger partial charge < -0.3 is 23.9 Å². The van der Waals surface area contributed by atoms with Crippen molar-refractivity contribution < 1.29 is 33.4 Å². The Morgan fingerprint density at radius 2 is 1.91 bits per heavy atom. The summed E-state index contributed by atoms with van der Waals surface area (Å²) in [5, 5.41) is 11.4. The van der Waals surface area contributed by atoms with Crippen LogP contribution in [-0.4, -0.2) is 47.9 Å². The summed E-state index contributed by atoms with van der Waals surface area (Å²) in [6.07, 6.45) is 0. The van der Waals surface area contributed by atoms with Gasteiger partial charge in [-0.3, -0.25) is 14.4 Å². The Kier molecular flexibility index (Phi) is 5.79. The van der Waals surface area contributed by atoms with Crippen LogP contribution in [0.15, 0.2) is 70.3 Å². The van der Waals surface area contributed by atoms with Crippen LogP contribution in [0.3, 0.4) is 0 Å². The number of hydrogen-bond acceptors (Lipinski definition) is 7. The number of methoxy groups -OCH3 is 1. The Labute approximate surface area is 183 Å². The SMILES string of the molecule is COCCN1C(=O)C(O)=C(C(=O)c2cc3ccccc3o2)C1c1cccc(OC(C)=O)c1. The number of benzene rings is 2. The summed E-state index contributed by atoms with van der Waals surface area (Å²) in [4.78, 5) is 39.0. The maximum atomic E-state index is 13.4. The number of aliphatic hydroxyl groups excluding tert-OH is 1. The van der Waals surface area contributed by atoms with Gasteiger partial charge in [0, 0.05) is 26.0 Å². The molecular formula is C24H21NO7. The number of esters is 1. The first kappa shape index (κ1) is 21.3. The standard InChI is InChI=1S/C24H21NO7/c1-14(26)31-17-8-5-7-16(12-17)21-20(23(28)24(29)25(21)10-11-30-2)22(27)19-13-15-6-3-4-9-18(15)32-19/h3-9,12-13,21,28H,10-11H2,1-2H3. The number of para-hydroxylation sites is 1. The van der Waals surface area contributed by atoms with Crippen LogP contribution in [-0.2, 0) is 14.3 Å². The van der Waals surface area contributed by atoms with Gasteiger partial charge in [0.05, 0.1) is 18.2 Å². The molecule has 4 rings (SSSR count). The Bertz CT molecular complexity index is 1210. The highest BCUT2D eigenvalue weighted by molar-refractivity contribution is 6.16. The maximum Gasteiger partial charge on any atom is 0.308 e. The van der Waals surface area contributed by atoms with Crippen molar-refractivity contribution in [1.29, 1.82) is 0 Å². The van der Waals surface area contributed by atoms with Gasteiger partial charge in [0.15, 0.2) is 11.5 Å². The van der Waals surface area contributed by atoms with Gasteiger partial charge in [0.1, 0.15) is 11.3 Å². The fourth-order valence-corrected chi connectivity index (χ4v) is 3.79. The molecule has 1 atom stereocenters. The second kappa shape index (κ2) is 8.68. The third kappa shape index (κ3) is 3.88. The summed E-state index contributed by atoms with van der Waals surface area (Å²) in [5.41, 5.74) is 0.909. The van der Waals surface area contributed by atoms with Crippen LogP contribution in [0.1, 0.15) is 29.1 Å². The third-order valence-corrected chi connectivity index (χ3v) is 5.17. The lowest BCUT2D eigenvalue weighted by Gasteiger charge is -2.26. The van der Waals surface area contributed by atoms with E-state index in [-0.39, 0.29) is 30.2 Å². The molecule has 2 heterocycles. The molecule has 32 heavy (non-hydrogen) atoms. The van der Waals surface area contributed by atoms with E-state index in [9.17, 15) is 19.5 Å². The Balaban J connectivity index is 1.79. The van der Waals surface area contributed by atoms with Crippen molar-refractivity contribution >= 4 is 28.6 Å². The van der Waals surface area contributed by atoms with Crippen LogP contribution in [0, 0.1) is 0 Å². The summed E-state index contributed by atoms with van der Waals surface area (Å²) >= 11 is 0. The van der Waals surface area contributed by atoms with Gasteiger partial charge in [-0.15, -0.1) is 0 Å². The van der Waals surface area contributed by atoms with Crippen LogP contribution >= 0.6 is 0 Å². The van der Waals surface area contributed by atoms with E-state index in [0.29, 0.717) is 11.1 Å². The molecule has 3 aromatic rings. The predicted octanol–water partition coefficient (Wildman–Crippen LogP) is 3.58. The number of amides is 1. The quantitative estimate of drug-likeness (QED) is 0.343. The average Bonchev–Trinajstić information content (AvgIpc) is 3.31. The number of aliphatic hydroxyl groups is 1. The normalized spacial score (nSPS) is 16.1. The summed E-state index contributed by atoms with van der Waals surface area (Å²) in [6.45, 7) is 1.61. The molecule has 1 unspecified atom stereocenters. The molecule has 1 N–H and O–H groups in total. The van der Waals surface area contributed by atoms with Crippen molar-refractivity contribution in [3.8, 4) is 5.75 Å². The molecule has 8 nitrogen and oxygen atoms in total. The molecule has 2 aromatic carbocycles. The van der Waals surface area contributed by atoms with Crippen LogP contribution in [0.5, 0.6) is 5.75 Å². The first-order valence-corrected chi connectivity index (χ1v) is 9.95. The van der Waals surface area contributed by atoms with Crippen molar-refractivity contribution in [3.63, 3.8) is 0 Å². The number of Topliss-reactive ketones (excluding diaryl/α,β-unsaturated/α-hetero) is 1. The zero-order valence-electron chi connectivity index (χ0n) is 17.5. The van der Waals surface area contributed by atoms with Crippen LogP contribution in [0.4, 0.5) is 0 Å². The van der Waals surface area contributed by atoms with Crippen molar-refractivity contribution in [2.24, 2.45) is 0 Å². The Morgan fingerprint density at radius 3 is 2.62 bits per heavy atom. The summed E-state index contributed by atoms with van der Waals surface area (Å²) < 4.78 is 15.9. The van der Waals surface area contributed by atoms with Crippen molar-refractivity contribution in [1.82, 2.24) is 4.90 Å². The lowest BCUT2D eigenvalue weighted by atomic mass is 9.95. The smallest absolute Gasteiger partial charge is 0.308 e. The molecule has 0 aliphatic carbocycles. The van der Waals surface area contributed by atoms with E-state index in [4.69, 9.17) is 13.9 Å². The van der Waals surface area contributed by atoms with E-state index in [1.165, 1.54) is 18.9 Å². The van der Waals surface area contributed by atoms with Gasteiger partial charge in [0.25, 0.3) is 5.91 Å².